The summed E-state index contributed by atoms with van der Waals surface area (Å²) in [6.07, 6.45) is 2.25. The van der Waals surface area contributed by atoms with Crippen LogP contribution in [0.2, 0.25) is 0 Å². The summed E-state index contributed by atoms with van der Waals surface area (Å²) in [5, 5.41) is 15.4. The monoisotopic (exact) mass is 258 g/mol. The van der Waals surface area contributed by atoms with E-state index >= 15 is 0 Å². The summed E-state index contributed by atoms with van der Waals surface area (Å²) in [6, 6.07) is 10.4. The predicted molar refractivity (Wildman–Crippen MR) is 73.3 cm³/mol. The van der Waals surface area contributed by atoms with Crippen LogP contribution in [0.3, 0.4) is 0 Å². The molecule has 0 radical (unpaired) electrons. The second-order valence-electron chi connectivity index (χ2n) is 4.97. The van der Waals surface area contributed by atoms with Crippen LogP contribution in [0.4, 0.5) is 5.95 Å². The third-order valence-electron chi connectivity index (χ3n) is 3.52. The molecule has 1 aliphatic rings. The highest BCUT2D eigenvalue weighted by Crippen LogP contribution is 2.16. The van der Waals surface area contributed by atoms with Crippen molar-refractivity contribution < 1.29 is 0 Å². The minimum absolute atomic E-state index is 0.449. The molecule has 3 rings (SSSR count). The van der Waals surface area contributed by atoms with Gasteiger partial charge in [-0.3, -0.25) is 0 Å². The molecule has 2 aromatic rings. The molecule has 0 unspecified atom stereocenters. The number of benzene rings is 1. The van der Waals surface area contributed by atoms with Gasteiger partial charge >= 0.3 is 0 Å². The normalized spacial score (nSPS) is 17.5. The summed E-state index contributed by atoms with van der Waals surface area (Å²) in [4.78, 5) is 2.35. The highest BCUT2D eigenvalue weighted by Gasteiger charge is 2.19. The average Bonchev–Trinajstić information content (AvgIpc) is 2.90. The molecule has 0 aliphatic carbocycles. The van der Waals surface area contributed by atoms with Crippen molar-refractivity contribution in [2.24, 2.45) is 0 Å². The molecule has 0 bridgehead atoms. The SMILES string of the molecule is CN1CCC(Nc2nnnn2-c2ccccc2)CC1. The third kappa shape index (κ3) is 2.73. The van der Waals surface area contributed by atoms with Crippen molar-refractivity contribution in [1.29, 1.82) is 0 Å². The van der Waals surface area contributed by atoms with Gasteiger partial charge in [0.1, 0.15) is 0 Å². The molecule has 1 saturated heterocycles. The lowest BCUT2D eigenvalue weighted by molar-refractivity contribution is 0.263. The van der Waals surface area contributed by atoms with E-state index in [0.717, 1.165) is 37.6 Å². The Kier molecular flexibility index (Phi) is 3.41. The Morgan fingerprint density at radius 2 is 1.89 bits per heavy atom. The maximum atomic E-state index is 4.08. The van der Waals surface area contributed by atoms with E-state index in [4.69, 9.17) is 0 Å². The van der Waals surface area contributed by atoms with Gasteiger partial charge in [0.25, 0.3) is 0 Å². The van der Waals surface area contributed by atoms with Crippen LogP contribution in [-0.4, -0.2) is 51.3 Å². The standard InChI is InChI=1S/C13H18N6/c1-18-9-7-11(8-10-18)14-13-15-16-17-19(13)12-5-3-2-4-6-12/h2-6,11H,7-10H2,1H3,(H,14,15,17). The molecule has 1 aromatic heterocycles. The number of rotatable bonds is 3. The lowest BCUT2D eigenvalue weighted by Crippen LogP contribution is -2.37. The van der Waals surface area contributed by atoms with Gasteiger partial charge in [-0.1, -0.05) is 23.3 Å². The molecule has 0 atom stereocenters. The number of hydrogen-bond donors (Lipinski definition) is 1. The van der Waals surface area contributed by atoms with E-state index in [1.54, 1.807) is 4.68 Å². The number of likely N-dealkylation sites (tertiary alicyclic amines) is 1. The molecular weight excluding hydrogens is 240 g/mol. The zero-order chi connectivity index (χ0) is 13.1. The molecule has 1 fully saturated rings. The maximum Gasteiger partial charge on any atom is 0.247 e. The van der Waals surface area contributed by atoms with Gasteiger partial charge in [0.05, 0.1) is 5.69 Å². The number of nitrogens with zero attached hydrogens (tertiary/aromatic N) is 5. The van der Waals surface area contributed by atoms with Gasteiger partial charge in [0.15, 0.2) is 0 Å². The Morgan fingerprint density at radius 1 is 1.16 bits per heavy atom. The van der Waals surface area contributed by atoms with E-state index in [9.17, 15) is 0 Å². The molecule has 100 valence electrons. The van der Waals surface area contributed by atoms with Crippen molar-refractivity contribution in [3.63, 3.8) is 0 Å². The van der Waals surface area contributed by atoms with E-state index in [0.29, 0.717) is 6.04 Å². The first-order valence-corrected chi connectivity index (χ1v) is 6.62. The van der Waals surface area contributed by atoms with Gasteiger partial charge in [0, 0.05) is 6.04 Å². The lowest BCUT2D eigenvalue weighted by Gasteiger charge is -2.29. The summed E-state index contributed by atoms with van der Waals surface area (Å²) in [5.74, 6) is 0.723. The van der Waals surface area contributed by atoms with Crippen LogP contribution < -0.4 is 5.32 Å². The summed E-state index contributed by atoms with van der Waals surface area (Å²) in [6.45, 7) is 2.23. The van der Waals surface area contributed by atoms with Crippen LogP contribution in [0.5, 0.6) is 0 Å². The topological polar surface area (TPSA) is 58.9 Å². The molecule has 6 nitrogen and oxygen atoms in total. The van der Waals surface area contributed by atoms with Crippen LogP contribution in [0, 0.1) is 0 Å². The van der Waals surface area contributed by atoms with Crippen LogP contribution in [0.15, 0.2) is 30.3 Å². The average molecular weight is 258 g/mol. The fourth-order valence-electron chi connectivity index (χ4n) is 2.36. The molecule has 1 N–H and O–H groups in total. The highest BCUT2D eigenvalue weighted by atomic mass is 15.6. The van der Waals surface area contributed by atoms with Crippen molar-refractivity contribution in [3.8, 4) is 5.69 Å². The number of para-hydroxylation sites is 1. The van der Waals surface area contributed by atoms with Crippen molar-refractivity contribution in [3.05, 3.63) is 30.3 Å². The largest absolute Gasteiger partial charge is 0.350 e. The fraction of sp³-hybridized carbons (Fsp3) is 0.462. The smallest absolute Gasteiger partial charge is 0.247 e. The Labute approximate surface area is 112 Å². The summed E-state index contributed by atoms with van der Waals surface area (Å²) in [7, 11) is 2.16. The Balaban J connectivity index is 1.74. The van der Waals surface area contributed by atoms with E-state index < -0.39 is 0 Å². The number of aromatic nitrogens is 4. The number of anilines is 1. The second kappa shape index (κ2) is 5.36. The number of nitrogens with one attached hydrogen (secondary N) is 1. The van der Waals surface area contributed by atoms with Gasteiger partial charge in [-0.05, 0) is 55.5 Å². The van der Waals surface area contributed by atoms with Crippen molar-refractivity contribution in [2.75, 3.05) is 25.5 Å². The first-order valence-electron chi connectivity index (χ1n) is 6.62. The first kappa shape index (κ1) is 12.1. The molecule has 19 heavy (non-hydrogen) atoms. The third-order valence-corrected chi connectivity index (χ3v) is 3.52. The minimum Gasteiger partial charge on any atom is -0.350 e. The van der Waals surface area contributed by atoms with Crippen molar-refractivity contribution in [2.45, 2.75) is 18.9 Å². The molecule has 1 aliphatic heterocycles. The predicted octanol–water partition coefficient (Wildman–Crippen LogP) is 1.17. The minimum atomic E-state index is 0.449. The Hall–Kier alpha value is -1.95. The van der Waals surface area contributed by atoms with Gasteiger partial charge in [-0.25, -0.2) is 0 Å². The van der Waals surface area contributed by atoms with E-state index in [2.05, 4.69) is 32.8 Å². The van der Waals surface area contributed by atoms with Gasteiger partial charge < -0.3 is 10.2 Å². The van der Waals surface area contributed by atoms with Crippen LogP contribution in [0.25, 0.3) is 5.69 Å². The van der Waals surface area contributed by atoms with Gasteiger partial charge in [0.2, 0.25) is 5.95 Å². The van der Waals surface area contributed by atoms with Crippen LogP contribution in [0.1, 0.15) is 12.8 Å². The van der Waals surface area contributed by atoms with E-state index in [1.165, 1.54) is 0 Å². The molecule has 6 heteroatoms. The zero-order valence-corrected chi connectivity index (χ0v) is 11.0. The summed E-state index contributed by atoms with van der Waals surface area (Å²) < 4.78 is 1.75. The highest BCUT2D eigenvalue weighted by molar-refractivity contribution is 5.38. The molecule has 0 amide bonds. The van der Waals surface area contributed by atoms with Crippen LogP contribution >= 0.6 is 0 Å². The van der Waals surface area contributed by atoms with Crippen LogP contribution in [-0.2, 0) is 0 Å². The Bertz CT molecular complexity index is 515. The second-order valence-corrected chi connectivity index (χ2v) is 4.97. The van der Waals surface area contributed by atoms with Crippen molar-refractivity contribution >= 4 is 5.95 Å². The van der Waals surface area contributed by atoms with Gasteiger partial charge in [-0.2, -0.15) is 4.68 Å². The molecule has 0 spiro atoms. The molecule has 1 aromatic carbocycles. The maximum absolute atomic E-state index is 4.08. The van der Waals surface area contributed by atoms with Gasteiger partial charge in [-0.15, -0.1) is 0 Å². The Morgan fingerprint density at radius 3 is 2.63 bits per heavy atom. The molecular formula is C13H18N6. The summed E-state index contributed by atoms with van der Waals surface area (Å²) in [5.41, 5.74) is 0.975. The zero-order valence-electron chi connectivity index (χ0n) is 11.0. The lowest BCUT2D eigenvalue weighted by atomic mass is 10.1. The number of tetrazole rings is 1. The number of hydrogen-bond acceptors (Lipinski definition) is 5. The van der Waals surface area contributed by atoms with E-state index in [1.807, 2.05) is 30.3 Å². The number of piperidine rings is 1. The summed E-state index contributed by atoms with van der Waals surface area (Å²) >= 11 is 0. The van der Waals surface area contributed by atoms with E-state index in [-0.39, 0.29) is 0 Å². The van der Waals surface area contributed by atoms with Crippen molar-refractivity contribution in [1.82, 2.24) is 25.1 Å². The quantitative estimate of drug-likeness (QED) is 0.895. The molecule has 2 heterocycles. The molecule has 0 saturated carbocycles. The fourth-order valence-corrected chi connectivity index (χ4v) is 2.36. The first-order chi connectivity index (χ1) is 9.33.